The van der Waals surface area contributed by atoms with Crippen molar-refractivity contribution in [2.75, 3.05) is 30.4 Å². The molecular formula is C21H23F2N5O. The Hall–Kier alpha value is -2.87. The van der Waals surface area contributed by atoms with E-state index in [0.717, 1.165) is 25.2 Å². The van der Waals surface area contributed by atoms with Crippen LogP contribution in [0.15, 0.2) is 30.5 Å². The molecule has 0 aliphatic carbocycles. The van der Waals surface area contributed by atoms with Crippen LogP contribution in [0.5, 0.6) is 0 Å². The van der Waals surface area contributed by atoms with Crippen LogP contribution in [0.2, 0.25) is 0 Å². The van der Waals surface area contributed by atoms with Crippen molar-refractivity contribution in [1.29, 1.82) is 0 Å². The molecule has 1 N–H and O–H groups in total. The van der Waals surface area contributed by atoms with Crippen LogP contribution in [0.4, 0.5) is 20.3 Å². The van der Waals surface area contributed by atoms with Crippen molar-refractivity contribution < 1.29 is 13.5 Å². The first-order valence-corrected chi connectivity index (χ1v) is 9.54. The fourth-order valence-corrected chi connectivity index (χ4v) is 3.65. The summed E-state index contributed by atoms with van der Waals surface area (Å²) < 4.78 is 34.7. The smallest absolute Gasteiger partial charge is 0.200 e. The third-order valence-corrected chi connectivity index (χ3v) is 5.37. The van der Waals surface area contributed by atoms with E-state index in [2.05, 4.69) is 25.4 Å². The quantitative estimate of drug-likeness (QED) is 0.652. The summed E-state index contributed by atoms with van der Waals surface area (Å²) in [6.07, 6.45) is 1.14. The summed E-state index contributed by atoms with van der Waals surface area (Å²) in [5.41, 5.74) is 2.50. The van der Waals surface area contributed by atoms with Crippen LogP contribution in [-0.4, -0.2) is 41.5 Å². The Balaban J connectivity index is 1.69. The Kier molecular flexibility index (Phi) is 5.27. The normalized spacial score (nSPS) is 17.7. The average molecular weight is 399 g/mol. The second kappa shape index (κ2) is 7.87. The molecule has 0 radical (unpaired) electrons. The largest absolute Gasteiger partial charge is 0.380 e. The van der Waals surface area contributed by atoms with Crippen molar-refractivity contribution in [3.05, 3.63) is 53.1 Å². The number of hydrogen-bond donors (Lipinski definition) is 1. The van der Waals surface area contributed by atoms with Crippen LogP contribution in [0, 0.1) is 19.7 Å². The maximum Gasteiger partial charge on any atom is 0.200 e. The molecule has 0 saturated carbocycles. The van der Waals surface area contributed by atoms with Gasteiger partial charge in [0.25, 0.3) is 0 Å². The Morgan fingerprint density at radius 3 is 2.86 bits per heavy atom. The summed E-state index contributed by atoms with van der Waals surface area (Å²) in [6.45, 7) is 5.03. The van der Waals surface area contributed by atoms with Gasteiger partial charge in [0.1, 0.15) is 5.82 Å². The van der Waals surface area contributed by atoms with E-state index in [-0.39, 0.29) is 17.5 Å². The number of benzene rings is 1. The zero-order valence-corrected chi connectivity index (χ0v) is 16.6. The number of halogens is 2. The van der Waals surface area contributed by atoms with Gasteiger partial charge in [0, 0.05) is 31.1 Å². The van der Waals surface area contributed by atoms with Gasteiger partial charge in [-0.1, -0.05) is 18.2 Å². The van der Waals surface area contributed by atoms with Crippen LogP contribution in [0.3, 0.4) is 0 Å². The molecule has 1 aliphatic rings. The van der Waals surface area contributed by atoms with E-state index < -0.39 is 12.1 Å². The minimum absolute atomic E-state index is 0.0629. The van der Waals surface area contributed by atoms with Crippen molar-refractivity contribution >= 4 is 22.4 Å². The Labute approximate surface area is 167 Å². The van der Waals surface area contributed by atoms with Crippen molar-refractivity contribution in [2.24, 2.45) is 0 Å². The van der Waals surface area contributed by atoms with E-state index in [1.54, 1.807) is 39.3 Å². The lowest BCUT2D eigenvalue weighted by molar-refractivity contribution is 0.121. The van der Waals surface area contributed by atoms with Gasteiger partial charge in [0.2, 0.25) is 0 Å². The first-order valence-electron chi connectivity index (χ1n) is 9.54. The number of hydrogen-bond acceptors (Lipinski definition) is 6. The molecule has 0 bridgehead atoms. The van der Waals surface area contributed by atoms with E-state index in [1.165, 1.54) is 6.07 Å². The molecule has 29 heavy (non-hydrogen) atoms. The number of alkyl halides is 1. The van der Waals surface area contributed by atoms with Gasteiger partial charge in [-0.25, -0.2) is 8.78 Å². The number of nitrogens with zero attached hydrogens (tertiary/aromatic N) is 4. The van der Waals surface area contributed by atoms with Gasteiger partial charge in [-0.15, -0.1) is 5.10 Å². The topological polar surface area (TPSA) is 63.2 Å². The van der Waals surface area contributed by atoms with Gasteiger partial charge in [-0.3, -0.25) is 4.98 Å². The minimum atomic E-state index is -1.76. The second-order valence-corrected chi connectivity index (χ2v) is 7.30. The van der Waals surface area contributed by atoms with Gasteiger partial charge in [-0.2, -0.15) is 5.10 Å². The third kappa shape index (κ3) is 3.72. The maximum atomic E-state index is 14.9. The van der Waals surface area contributed by atoms with Gasteiger partial charge in [0.05, 0.1) is 29.2 Å². The van der Waals surface area contributed by atoms with Gasteiger partial charge >= 0.3 is 0 Å². The standard InChI is InChI=1S/C21H23F2N5O/c1-12-5-4-6-16(18(12)22)20(23)25-21-17-9-14(28-8-7-15(11-28)29-3)10-24-19(17)13(2)26-27-21/h4-6,9-10,15,20H,7-8,11H2,1-3H3,(H,25,27)/t15-,20-/m0/s1. The summed E-state index contributed by atoms with van der Waals surface area (Å²) in [5, 5.41) is 11.5. The summed E-state index contributed by atoms with van der Waals surface area (Å²) in [5.74, 6) is -0.339. The van der Waals surface area contributed by atoms with Crippen molar-refractivity contribution in [2.45, 2.75) is 32.7 Å². The summed E-state index contributed by atoms with van der Waals surface area (Å²) in [4.78, 5) is 6.70. The lowest BCUT2D eigenvalue weighted by atomic mass is 10.1. The lowest BCUT2D eigenvalue weighted by Gasteiger charge is -2.20. The zero-order chi connectivity index (χ0) is 20.5. The van der Waals surface area contributed by atoms with Crippen molar-refractivity contribution in [3.8, 4) is 0 Å². The highest BCUT2D eigenvalue weighted by Gasteiger charge is 2.24. The maximum absolute atomic E-state index is 14.9. The molecule has 1 aromatic carbocycles. The molecule has 8 heteroatoms. The number of aryl methyl sites for hydroxylation is 2. The Morgan fingerprint density at radius 2 is 2.10 bits per heavy atom. The van der Waals surface area contributed by atoms with Crippen LogP contribution in [0.1, 0.15) is 29.5 Å². The van der Waals surface area contributed by atoms with Gasteiger partial charge < -0.3 is 15.0 Å². The van der Waals surface area contributed by atoms with E-state index >= 15 is 0 Å². The Morgan fingerprint density at radius 1 is 1.28 bits per heavy atom. The van der Waals surface area contributed by atoms with Crippen LogP contribution < -0.4 is 10.2 Å². The summed E-state index contributed by atoms with van der Waals surface area (Å²) in [7, 11) is 1.71. The highest BCUT2D eigenvalue weighted by atomic mass is 19.1. The zero-order valence-electron chi connectivity index (χ0n) is 16.6. The molecule has 4 rings (SSSR count). The number of aromatic nitrogens is 3. The number of rotatable bonds is 5. The van der Waals surface area contributed by atoms with E-state index in [4.69, 9.17) is 4.74 Å². The second-order valence-electron chi connectivity index (χ2n) is 7.30. The van der Waals surface area contributed by atoms with Gasteiger partial charge in [-0.05, 0) is 31.9 Å². The van der Waals surface area contributed by atoms with Crippen molar-refractivity contribution in [3.63, 3.8) is 0 Å². The molecule has 2 atom stereocenters. The summed E-state index contributed by atoms with van der Waals surface area (Å²) >= 11 is 0. The van der Waals surface area contributed by atoms with Crippen LogP contribution in [0.25, 0.3) is 10.9 Å². The first-order chi connectivity index (χ1) is 14.0. The number of nitrogens with one attached hydrogen (secondary N) is 1. The monoisotopic (exact) mass is 399 g/mol. The fraction of sp³-hybridized carbons (Fsp3) is 0.381. The molecular weight excluding hydrogens is 376 g/mol. The van der Waals surface area contributed by atoms with Crippen molar-refractivity contribution in [1.82, 2.24) is 15.2 Å². The van der Waals surface area contributed by atoms with E-state index in [1.807, 2.05) is 6.07 Å². The SMILES string of the molecule is CO[C@H]1CCN(c2cnc3c(C)nnc(N[C@H](F)c4cccc(C)c4F)c3c2)C1. The fourth-order valence-electron chi connectivity index (χ4n) is 3.65. The molecule has 1 fully saturated rings. The molecule has 1 aliphatic heterocycles. The number of pyridine rings is 1. The molecule has 3 aromatic rings. The molecule has 0 spiro atoms. The van der Waals surface area contributed by atoms with Gasteiger partial charge in [0.15, 0.2) is 12.1 Å². The Bertz CT molecular complexity index is 1050. The number of anilines is 2. The summed E-state index contributed by atoms with van der Waals surface area (Å²) in [6, 6.07) is 6.57. The third-order valence-electron chi connectivity index (χ3n) is 5.37. The molecule has 152 valence electrons. The van der Waals surface area contributed by atoms with Crippen LogP contribution in [-0.2, 0) is 4.74 Å². The number of fused-ring (bicyclic) bond motifs is 1. The number of methoxy groups -OCH3 is 1. The van der Waals surface area contributed by atoms with Crippen LogP contribution >= 0.6 is 0 Å². The molecule has 0 unspecified atom stereocenters. The molecule has 6 nitrogen and oxygen atoms in total. The predicted molar refractivity (Wildman–Crippen MR) is 108 cm³/mol. The highest BCUT2D eigenvalue weighted by molar-refractivity contribution is 5.92. The number of ether oxygens (including phenoxy) is 1. The average Bonchev–Trinajstić information content (AvgIpc) is 3.21. The molecule has 3 heterocycles. The molecule has 1 saturated heterocycles. The van der Waals surface area contributed by atoms with E-state index in [0.29, 0.717) is 22.2 Å². The van der Waals surface area contributed by atoms with E-state index in [9.17, 15) is 8.78 Å². The molecule has 2 aromatic heterocycles. The highest BCUT2D eigenvalue weighted by Crippen LogP contribution is 2.31. The molecule has 0 amide bonds. The first kappa shape index (κ1) is 19.4. The minimum Gasteiger partial charge on any atom is -0.380 e. The lowest BCUT2D eigenvalue weighted by Crippen LogP contribution is -2.22. The predicted octanol–water partition coefficient (Wildman–Crippen LogP) is 4.09.